The minimum atomic E-state index is -0.763. The van der Waals surface area contributed by atoms with Crippen molar-refractivity contribution in [2.24, 2.45) is 0 Å². The molecule has 2 aromatic heterocycles. The summed E-state index contributed by atoms with van der Waals surface area (Å²) in [6.07, 6.45) is 4.16. The van der Waals surface area contributed by atoms with Gasteiger partial charge in [0.15, 0.2) is 5.65 Å². The fraction of sp³-hybridized carbons (Fsp3) is 0.500. The maximum absolute atomic E-state index is 11.2. The second kappa shape index (κ2) is 7.39. The molecule has 29 heavy (non-hydrogen) atoms. The molecule has 4 rings (SSSR count). The van der Waals surface area contributed by atoms with Gasteiger partial charge in [-0.15, -0.1) is 0 Å². The van der Waals surface area contributed by atoms with E-state index >= 15 is 0 Å². The second-order valence-corrected chi connectivity index (χ2v) is 9.19. The zero-order valence-corrected chi connectivity index (χ0v) is 17.7. The van der Waals surface area contributed by atoms with Gasteiger partial charge in [-0.2, -0.15) is 5.10 Å². The van der Waals surface area contributed by atoms with Crippen molar-refractivity contribution in [2.75, 3.05) is 31.6 Å². The molecule has 0 radical (unpaired) electrons. The predicted octanol–water partition coefficient (Wildman–Crippen LogP) is 2.65. The molecular formula is C22H30N6O. The van der Waals surface area contributed by atoms with Crippen LogP contribution in [0.25, 0.3) is 11.0 Å². The Hall–Kier alpha value is -2.51. The Kier molecular flexibility index (Phi) is 5.04. The number of β-amino-alcohol motifs (C(OH)–C–C–N with tert-alkyl or cyclic N) is 1. The first-order chi connectivity index (χ1) is 13.8. The molecule has 1 aliphatic rings. The highest BCUT2D eigenvalue weighted by Gasteiger charge is 2.37. The van der Waals surface area contributed by atoms with E-state index in [1.807, 2.05) is 28.9 Å². The van der Waals surface area contributed by atoms with Gasteiger partial charge in [-0.1, -0.05) is 30.3 Å². The number of benzene rings is 1. The number of hydrogen-bond acceptors (Lipinski definition) is 6. The molecule has 3 heterocycles. The van der Waals surface area contributed by atoms with Crippen molar-refractivity contribution < 1.29 is 5.11 Å². The zero-order chi connectivity index (χ0) is 20.6. The van der Waals surface area contributed by atoms with Crippen molar-refractivity contribution in [2.45, 2.75) is 44.9 Å². The molecule has 1 fully saturated rings. The lowest BCUT2D eigenvalue weighted by Crippen LogP contribution is -2.44. The van der Waals surface area contributed by atoms with Crippen LogP contribution < -0.4 is 4.90 Å². The van der Waals surface area contributed by atoms with E-state index in [-0.39, 0.29) is 5.54 Å². The number of likely N-dealkylation sites (N-methyl/N-ethyl adjacent to an activating group) is 1. The summed E-state index contributed by atoms with van der Waals surface area (Å²) >= 11 is 0. The van der Waals surface area contributed by atoms with E-state index in [0.717, 1.165) is 36.4 Å². The number of aromatic nitrogens is 4. The van der Waals surface area contributed by atoms with Gasteiger partial charge in [-0.05, 0) is 32.8 Å². The molecule has 7 nitrogen and oxygen atoms in total. The van der Waals surface area contributed by atoms with Crippen LogP contribution in [0.2, 0.25) is 0 Å². The summed E-state index contributed by atoms with van der Waals surface area (Å²) in [4.78, 5) is 13.3. The highest BCUT2D eigenvalue weighted by Crippen LogP contribution is 2.29. The van der Waals surface area contributed by atoms with E-state index in [1.54, 1.807) is 6.33 Å². The summed E-state index contributed by atoms with van der Waals surface area (Å²) in [7, 11) is 1.98. The number of likely N-dealkylation sites (tertiary alicyclic amines) is 1. The maximum atomic E-state index is 11.2. The summed E-state index contributed by atoms with van der Waals surface area (Å²) in [5.41, 5.74) is 1.17. The number of rotatable bonds is 5. The van der Waals surface area contributed by atoms with Gasteiger partial charge in [-0.3, -0.25) is 4.90 Å². The van der Waals surface area contributed by atoms with Gasteiger partial charge in [0.1, 0.15) is 12.1 Å². The molecule has 3 aromatic rings. The lowest BCUT2D eigenvalue weighted by atomic mass is 10.0. The van der Waals surface area contributed by atoms with Gasteiger partial charge >= 0.3 is 0 Å². The van der Waals surface area contributed by atoms with Gasteiger partial charge in [0.05, 0.1) is 22.7 Å². The molecule has 1 aromatic carbocycles. The van der Waals surface area contributed by atoms with Crippen molar-refractivity contribution in [1.82, 2.24) is 24.6 Å². The molecule has 0 saturated carbocycles. The highest BCUT2D eigenvalue weighted by molar-refractivity contribution is 5.86. The molecule has 1 atom stereocenters. The summed E-state index contributed by atoms with van der Waals surface area (Å²) in [5, 5.41) is 16.7. The molecule has 1 unspecified atom stereocenters. The third kappa shape index (κ3) is 4.11. The van der Waals surface area contributed by atoms with Crippen molar-refractivity contribution in [3.8, 4) is 0 Å². The molecule has 0 amide bonds. The highest BCUT2D eigenvalue weighted by atomic mass is 16.3. The number of aliphatic hydroxyl groups is 1. The quantitative estimate of drug-likeness (QED) is 0.717. The second-order valence-electron chi connectivity index (χ2n) is 9.19. The van der Waals surface area contributed by atoms with Crippen LogP contribution in [-0.2, 0) is 12.1 Å². The van der Waals surface area contributed by atoms with Crippen LogP contribution >= 0.6 is 0 Å². The fourth-order valence-corrected chi connectivity index (χ4v) is 4.19. The van der Waals surface area contributed by atoms with E-state index in [9.17, 15) is 5.11 Å². The summed E-state index contributed by atoms with van der Waals surface area (Å²) in [6, 6.07) is 10.4. The third-order valence-electron chi connectivity index (χ3n) is 5.53. The van der Waals surface area contributed by atoms with Crippen LogP contribution in [0.15, 0.2) is 42.9 Å². The first-order valence-electron chi connectivity index (χ1n) is 10.1. The minimum Gasteiger partial charge on any atom is -0.387 e. The molecule has 1 N–H and O–H groups in total. The summed E-state index contributed by atoms with van der Waals surface area (Å²) in [6.45, 7) is 9.24. The number of nitrogens with zero attached hydrogens (tertiary/aromatic N) is 6. The van der Waals surface area contributed by atoms with Gasteiger partial charge in [0, 0.05) is 33.2 Å². The van der Waals surface area contributed by atoms with Crippen molar-refractivity contribution in [3.63, 3.8) is 0 Å². The normalized spacial score (nSPS) is 20.4. The Balaban J connectivity index is 1.49. The minimum absolute atomic E-state index is 0.159. The first kappa shape index (κ1) is 19.8. The lowest BCUT2D eigenvalue weighted by molar-refractivity contribution is 0.0561. The topological polar surface area (TPSA) is 70.3 Å². The summed E-state index contributed by atoms with van der Waals surface area (Å²) < 4.78 is 1.92. The van der Waals surface area contributed by atoms with Crippen molar-refractivity contribution in [1.29, 1.82) is 0 Å². The molecule has 0 bridgehead atoms. The van der Waals surface area contributed by atoms with Crippen LogP contribution in [0, 0.1) is 0 Å². The van der Waals surface area contributed by atoms with Crippen LogP contribution in [0.5, 0.6) is 0 Å². The van der Waals surface area contributed by atoms with Crippen molar-refractivity contribution >= 4 is 16.9 Å². The molecule has 154 valence electrons. The Morgan fingerprint density at radius 1 is 1.17 bits per heavy atom. The van der Waals surface area contributed by atoms with Gasteiger partial charge in [0.25, 0.3) is 0 Å². The van der Waals surface area contributed by atoms with E-state index in [2.05, 4.69) is 65.0 Å². The van der Waals surface area contributed by atoms with E-state index < -0.39 is 5.60 Å². The van der Waals surface area contributed by atoms with Gasteiger partial charge < -0.3 is 10.0 Å². The Bertz CT molecular complexity index is 980. The molecule has 1 aliphatic heterocycles. The van der Waals surface area contributed by atoms with Crippen LogP contribution in [0.1, 0.15) is 32.8 Å². The van der Waals surface area contributed by atoms with Crippen LogP contribution in [0.3, 0.4) is 0 Å². The Labute approximate surface area is 172 Å². The smallest absolute Gasteiger partial charge is 0.163 e. The van der Waals surface area contributed by atoms with E-state index in [4.69, 9.17) is 0 Å². The van der Waals surface area contributed by atoms with E-state index in [0.29, 0.717) is 13.1 Å². The number of hydrogen-bond donors (Lipinski definition) is 1. The SMILES string of the molecule is CN(CC1(O)CCN(Cc2ccccc2)C1)c1ncnc2c1cnn2C(C)(C)C. The molecule has 7 heteroatoms. The molecule has 1 saturated heterocycles. The predicted molar refractivity (Wildman–Crippen MR) is 115 cm³/mol. The fourth-order valence-electron chi connectivity index (χ4n) is 4.19. The first-order valence-corrected chi connectivity index (χ1v) is 10.1. The van der Waals surface area contributed by atoms with Gasteiger partial charge in [-0.25, -0.2) is 14.6 Å². The number of fused-ring (bicyclic) bond motifs is 1. The monoisotopic (exact) mass is 394 g/mol. The number of anilines is 1. The zero-order valence-electron chi connectivity index (χ0n) is 17.7. The molecule has 0 spiro atoms. The largest absolute Gasteiger partial charge is 0.387 e. The average molecular weight is 395 g/mol. The maximum Gasteiger partial charge on any atom is 0.163 e. The molecular weight excluding hydrogens is 364 g/mol. The van der Waals surface area contributed by atoms with Gasteiger partial charge in [0.2, 0.25) is 0 Å². The standard InChI is InChI=1S/C22H30N6O/c1-21(2,3)28-20-18(12-25-28)19(23-16-24-20)26(4)14-22(29)10-11-27(15-22)13-17-8-6-5-7-9-17/h5-9,12,16,29H,10-11,13-15H2,1-4H3. The molecule has 0 aliphatic carbocycles. The van der Waals surface area contributed by atoms with Crippen LogP contribution in [0.4, 0.5) is 5.82 Å². The Morgan fingerprint density at radius 3 is 2.66 bits per heavy atom. The van der Waals surface area contributed by atoms with Crippen LogP contribution in [-0.4, -0.2) is 62.0 Å². The lowest BCUT2D eigenvalue weighted by Gasteiger charge is -2.30. The average Bonchev–Trinajstić information content (AvgIpc) is 3.26. The van der Waals surface area contributed by atoms with E-state index in [1.165, 1.54) is 5.56 Å². The van der Waals surface area contributed by atoms with Crippen molar-refractivity contribution in [3.05, 3.63) is 48.4 Å². The Morgan fingerprint density at radius 2 is 1.93 bits per heavy atom. The third-order valence-corrected chi connectivity index (χ3v) is 5.53. The summed E-state index contributed by atoms with van der Waals surface area (Å²) in [5.74, 6) is 0.806.